The number of hydrogen-bond acceptors (Lipinski definition) is 3. The molecule has 0 spiro atoms. The van der Waals surface area contributed by atoms with Crippen LogP contribution in [0.3, 0.4) is 0 Å². The van der Waals surface area contributed by atoms with Gasteiger partial charge in [0.25, 0.3) is 0 Å². The number of rotatable bonds is 3. The van der Waals surface area contributed by atoms with E-state index in [0.29, 0.717) is 6.54 Å². The van der Waals surface area contributed by atoms with E-state index in [9.17, 15) is 9.90 Å². The number of benzene rings is 1. The van der Waals surface area contributed by atoms with Gasteiger partial charge in [0.2, 0.25) is 5.91 Å². The fourth-order valence-corrected chi connectivity index (χ4v) is 1.60. The molecule has 16 heavy (non-hydrogen) atoms. The van der Waals surface area contributed by atoms with E-state index in [1.165, 1.54) is 17.1 Å². The van der Waals surface area contributed by atoms with Crippen LogP contribution in [0.2, 0.25) is 0 Å². The second kappa shape index (κ2) is 4.37. The molecule has 2 rings (SSSR count). The highest BCUT2D eigenvalue weighted by molar-refractivity contribution is 5.90. The van der Waals surface area contributed by atoms with E-state index in [4.69, 9.17) is 4.74 Å². The molecule has 0 unspecified atom stereocenters. The fourth-order valence-electron chi connectivity index (χ4n) is 1.60. The third kappa shape index (κ3) is 2.06. The highest BCUT2D eigenvalue weighted by atomic mass is 16.5. The zero-order valence-corrected chi connectivity index (χ0v) is 8.96. The van der Waals surface area contributed by atoms with Crippen LogP contribution in [0.4, 0.5) is 0 Å². The van der Waals surface area contributed by atoms with Gasteiger partial charge in [0.05, 0.1) is 7.11 Å². The van der Waals surface area contributed by atoms with Crippen molar-refractivity contribution in [2.24, 2.45) is 0 Å². The molecule has 0 saturated heterocycles. The Hall–Kier alpha value is -1.81. The third-order valence-electron chi connectivity index (χ3n) is 2.53. The van der Waals surface area contributed by atoms with Crippen LogP contribution in [0.25, 0.3) is 0 Å². The monoisotopic (exact) mass is 219 g/mol. The summed E-state index contributed by atoms with van der Waals surface area (Å²) in [5.41, 5.74) is 0.955. The van der Waals surface area contributed by atoms with Crippen molar-refractivity contribution in [1.29, 1.82) is 0 Å². The molecule has 0 bridgehead atoms. The van der Waals surface area contributed by atoms with Crippen LogP contribution in [-0.4, -0.2) is 29.3 Å². The fraction of sp³-hybridized carbons (Fsp3) is 0.250. The van der Waals surface area contributed by atoms with Gasteiger partial charge >= 0.3 is 0 Å². The summed E-state index contributed by atoms with van der Waals surface area (Å²) in [6.07, 6.45) is 2.05. The van der Waals surface area contributed by atoms with Crippen LogP contribution in [-0.2, 0) is 11.3 Å². The minimum absolute atomic E-state index is 0.164. The first kappa shape index (κ1) is 10.7. The van der Waals surface area contributed by atoms with E-state index in [2.05, 4.69) is 0 Å². The lowest BCUT2D eigenvalue weighted by atomic mass is 10.2. The van der Waals surface area contributed by atoms with Gasteiger partial charge in [-0.15, -0.1) is 0 Å². The van der Waals surface area contributed by atoms with E-state index in [-0.39, 0.29) is 5.91 Å². The summed E-state index contributed by atoms with van der Waals surface area (Å²) in [4.78, 5) is 12.8. The summed E-state index contributed by atoms with van der Waals surface area (Å²) in [5.74, 6) is 0.610. The molecule has 1 aromatic rings. The predicted octanol–water partition coefficient (Wildman–Crippen LogP) is 0.912. The largest absolute Gasteiger partial charge is 0.497 e. The van der Waals surface area contributed by atoms with Crippen LogP contribution in [0.15, 0.2) is 36.4 Å². The molecule has 0 radical (unpaired) electrons. The molecule has 0 aliphatic carbocycles. The van der Waals surface area contributed by atoms with Gasteiger partial charge in [-0.25, -0.2) is 0 Å². The number of carbonyl (C=O) groups is 1. The molecular formula is C12H13NO3. The zero-order chi connectivity index (χ0) is 11.5. The number of ether oxygens (including phenoxy) is 1. The lowest BCUT2D eigenvalue weighted by molar-refractivity contribution is -0.131. The van der Waals surface area contributed by atoms with Crippen molar-refractivity contribution >= 4 is 5.91 Å². The molecule has 1 heterocycles. The van der Waals surface area contributed by atoms with E-state index in [1.54, 1.807) is 7.11 Å². The van der Waals surface area contributed by atoms with Crippen LogP contribution in [0.1, 0.15) is 5.56 Å². The quantitative estimate of drug-likeness (QED) is 0.822. The van der Waals surface area contributed by atoms with Gasteiger partial charge in [-0.3, -0.25) is 4.79 Å². The summed E-state index contributed by atoms with van der Waals surface area (Å²) in [7, 11) is 1.60. The highest BCUT2D eigenvalue weighted by Crippen LogP contribution is 2.16. The Morgan fingerprint density at radius 3 is 2.56 bits per heavy atom. The number of nitrogens with zero attached hydrogens (tertiary/aromatic N) is 1. The molecule has 1 aliphatic rings. The molecule has 0 saturated carbocycles. The molecule has 84 valence electrons. The van der Waals surface area contributed by atoms with Crippen molar-refractivity contribution in [2.45, 2.75) is 12.8 Å². The lowest BCUT2D eigenvalue weighted by Gasteiger charge is -2.20. The standard InChI is InChI=1S/C12H13NO3/c1-16-10-4-2-9(3-5-10)8-13-11(14)6-7-12(13)15/h2-7,11,14H,8H2,1H3/t11-/m0/s1. The Bertz CT molecular complexity index is 411. The van der Waals surface area contributed by atoms with Gasteiger partial charge in [-0.05, 0) is 23.8 Å². The molecule has 0 aromatic heterocycles. The topological polar surface area (TPSA) is 49.8 Å². The van der Waals surface area contributed by atoms with Gasteiger partial charge in [0.15, 0.2) is 0 Å². The number of aliphatic hydroxyl groups excluding tert-OH is 1. The SMILES string of the molecule is COc1ccc(CN2C(=O)C=C[C@@H]2O)cc1. The minimum Gasteiger partial charge on any atom is -0.497 e. The van der Waals surface area contributed by atoms with Gasteiger partial charge in [0, 0.05) is 12.6 Å². The summed E-state index contributed by atoms with van der Waals surface area (Å²) >= 11 is 0. The Kier molecular flexibility index (Phi) is 2.92. The first-order valence-electron chi connectivity index (χ1n) is 5.00. The second-order valence-electron chi connectivity index (χ2n) is 3.59. The Balaban J connectivity index is 2.06. The molecule has 1 aliphatic heterocycles. The van der Waals surface area contributed by atoms with E-state index in [0.717, 1.165) is 11.3 Å². The van der Waals surface area contributed by atoms with Gasteiger partial charge in [-0.1, -0.05) is 12.1 Å². The Morgan fingerprint density at radius 1 is 1.38 bits per heavy atom. The van der Waals surface area contributed by atoms with Crippen molar-refractivity contribution in [2.75, 3.05) is 7.11 Å². The number of aliphatic hydroxyl groups is 1. The Morgan fingerprint density at radius 2 is 2.06 bits per heavy atom. The van der Waals surface area contributed by atoms with Crippen molar-refractivity contribution in [3.05, 3.63) is 42.0 Å². The minimum atomic E-state index is -0.811. The number of methoxy groups -OCH3 is 1. The smallest absolute Gasteiger partial charge is 0.248 e. The average Bonchev–Trinajstić information content (AvgIpc) is 2.62. The van der Waals surface area contributed by atoms with E-state index < -0.39 is 6.23 Å². The van der Waals surface area contributed by atoms with Crippen molar-refractivity contribution in [3.63, 3.8) is 0 Å². The maximum Gasteiger partial charge on any atom is 0.248 e. The number of amides is 1. The van der Waals surface area contributed by atoms with E-state index >= 15 is 0 Å². The molecule has 1 amide bonds. The lowest BCUT2D eigenvalue weighted by Crippen LogP contribution is -2.32. The predicted molar refractivity (Wildman–Crippen MR) is 58.7 cm³/mol. The van der Waals surface area contributed by atoms with Crippen molar-refractivity contribution < 1.29 is 14.6 Å². The van der Waals surface area contributed by atoms with Crippen LogP contribution in [0, 0.1) is 0 Å². The summed E-state index contributed by atoms with van der Waals surface area (Å²) < 4.78 is 5.04. The highest BCUT2D eigenvalue weighted by Gasteiger charge is 2.23. The van der Waals surface area contributed by atoms with Gasteiger partial charge in [0.1, 0.15) is 12.0 Å². The zero-order valence-electron chi connectivity index (χ0n) is 8.96. The molecular weight excluding hydrogens is 206 g/mol. The molecule has 4 nitrogen and oxygen atoms in total. The maximum atomic E-state index is 11.4. The normalized spacial score (nSPS) is 19.2. The number of hydrogen-bond donors (Lipinski definition) is 1. The molecule has 1 N–H and O–H groups in total. The summed E-state index contributed by atoms with van der Waals surface area (Å²) in [5, 5.41) is 9.52. The molecule has 1 atom stereocenters. The average molecular weight is 219 g/mol. The van der Waals surface area contributed by atoms with Crippen LogP contribution < -0.4 is 4.74 Å². The third-order valence-corrected chi connectivity index (χ3v) is 2.53. The second-order valence-corrected chi connectivity index (χ2v) is 3.59. The van der Waals surface area contributed by atoms with Crippen molar-refractivity contribution in [3.8, 4) is 5.75 Å². The van der Waals surface area contributed by atoms with Crippen LogP contribution >= 0.6 is 0 Å². The van der Waals surface area contributed by atoms with Crippen LogP contribution in [0.5, 0.6) is 5.75 Å². The van der Waals surface area contributed by atoms with Gasteiger partial charge in [-0.2, -0.15) is 0 Å². The van der Waals surface area contributed by atoms with Gasteiger partial charge < -0.3 is 14.7 Å². The summed E-state index contributed by atoms with van der Waals surface area (Å²) in [6.45, 7) is 0.400. The molecule has 1 aromatic carbocycles. The molecule has 0 fully saturated rings. The maximum absolute atomic E-state index is 11.4. The molecule has 4 heteroatoms. The summed E-state index contributed by atoms with van der Waals surface area (Å²) in [6, 6.07) is 7.40. The Labute approximate surface area is 93.8 Å². The van der Waals surface area contributed by atoms with E-state index in [1.807, 2.05) is 24.3 Å². The first-order chi connectivity index (χ1) is 7.70. The first-order valence-corrected chi connectivity index (χ1v) is 5.00. The van der Waals surface area contributed by atoms with Crippen molar-refractivity contribution in [1.82, 2.24) is 4.90 Å². The number of carbonyl (C=O) groups excluding carboxylic acids is 1.